The van der Waals surface area contributed by atoms with Gasteiger partial charge in [0.15, 0.2) is 0 Å². The number of rotatable bonds is 12. The monoisotopic (exact) mass is 468 g/mol. The molecule has 5 atom stereocenters. The van der Waals surface area contributed by atoms with Gasteiger partial charge in [-0.25, -0.2) is 4.79 Å². The summed E-state index contributed by atoms with van der Waals surface area (Å²) >= 11 is 4.08. The first-order valence-corrected chi connectivity index (χ1v) is 10.9. The van der Waals surface area contributed by atoms with E-state index in [1.165, 1.54) is 19.1 Å². The Morgan fingerprint density at radius 2 is 1.53 bits per heavy atom. The topological polar surface area (TPSA) is 171 Å². The predicted molar refractivity (Wildman–Crippen MR) is 122 cm³/mol. The van der Waals surface area contributed by atoms with Gasteiger partial charge in [0.1, 0.15) is 23.9 Å². The zero-order valence-electron chi connectivity index (χ0n) is 18.4. The number of phenols is 1. The zero-order valence-corrected chi connectivity index (χ0v) is 19.3. The number of hydrogen-bond acceptors (Lipinski definition) is 7. The minimum absolute atomic E-state index is 0.00908. The molecule has 0 fully saturated rings. The molecule has 5 unspecified atom stereocenters. The number of carboxylic acid groups (broad SMARTS) is 1. The maximum atomic E-state index is 12.5. The number of thiol groups is 1. The molecule has 0 spiro atoms. The Morgan fingerprint density at radius 3 is 2.03 bits per heavy atom. The summed E-state index contributed by atoms with van der Waals surface area (Å²) in [6.45, 7) is 5.12. The van der Waals surface area contributed by atoms with Gasteiger partial charge in [0.25, 0.3) is 0 Å². The van der Waals surface area contributed by atoms with Crippen molar-refractivity contribution in [3.63, 3.8) is 0 Å². The van der Waals surface area contributed by atoms with Crippen molar-refractivity contribution >= 4 is 36.3 Å². The van der Waals surface area contributed by atoms with E-state index in [0.717, 1.165) is 0 Å². The van der Waals surface area contributed by atoms with E-state index in [1.807, 2.05) is 13.8 Å². The van der Waals surface area contributed by atoms with Crippen LogP contribution in [0.15, 0.2) is 24.3 Å². The molecule has 1 aromatic carbocycles. The van der Waals surface area contributed by atoms with Crippen molar-refractivity contribution in [3.05, 3.63) is 29.8 Å². The highest BCUT2D eigenvalue weighted by atomic mass is 32.1. The van der Waals surface area contributed by atoms with Crippen LogP contribution in [-0.2, 0) is 25.6 Å². The fraction of sp³-hybridized carbons (Fsp3) is 0.524. The number of carbonyl (C=O) groups is 4. The van der Waals surface area contributed by atoms with E-state index in [2.05, 4.69) is 28.6 Å². The molecule has 0 bridgehead atoms. The minimum Gasteiger partial charge on any atom is -0.508 e. The van der Waals surface area contributed by atoms with Crippen molar-refractivity contribution in [2.75, 3.05) is 5.75 Å². The van der Waals surface area contributed by atoms with Crippen LogP contribution in [0.3, 0.4) is 0 Å². The standard InChI is InChI=1S/C21H32N4O6S/c1-4-11(2)17(22)20(29)25-16(10-32)19(28)23-12(3)18(27)24-15(21(30)31)9-13-5-7-14(26)8-6-13/h5-8,11-12,15-17,26,32H,4,9-10,22H2,1-3H3,(H,23,28)(H,24,27)(H,25,29)(H,30,31). The lowest BCUT2D eigenvalue weighted by Gasteiger charge is -2.24. The molecule has 0 heterocycles. The highest BCUT2D eigenvalue weighted by Gasteiger charge is 2.28. The number of nitrogens with one attached hydrogen (secondary N) is 3. The van der Waals surface area contributed by atoms with Crippen molar-refractivity contribution < 1.29 is 29.4 Å². The number of phenolic OH excluding ortho intramolecular Hbond substituents is 1. The van der Waals surface area contributed by atoms with Crippen LogP contribution in [0.4, 0.5) is 0 Å². The van der Waals surface area contributed by atoms with Crippen LogP contribution in [0.5, 0.6) is 5.75 Å². The van der Waals surface area contributed by atoms with Crippen LogP contribution in [0.25, 0.3) is 0 Å². The van der Waals surface area contributed by atoms with Crippen molar-refractivity contribution in [1.29, 1.82) is 0 Å². The lowest BCUT2D eigenvalue weighted by Crippen LogP contribution is -2.57. The van der Waals surface area contributed by atoms with Crippen LogP contribution in [-0.4, -0.2) is 63.8 Å². The van der Waals surface area contributed by atoms with Crippen LogP contribution in [0, 0.1) is 5.92 Å². The second-order valence-electron chi connectivity index (χ2n) is 7.66. The number of benzene rings is 1. The zero-order chi connectivity index (χ0) is 24.4. The molecule has 0 aliphatic carbocycles. The number of carboxylic acids is 1. The second-order valence-corrected chi connectivity index (χ2v) is 8.02. The van der Waals surface area contributed by atoms with Gasteiger partial charge in [-0.1, -0.05) is 32.4 Å². The van der Waals surface area contributed by atoms with E-state index in [-0.39, 0.29) is 23.8 Å². The second kappa shape index (κ2) is 12.9. The maximum Gasteiger partial charge on any atom is 0.326 e. The van der Waals surface area contributed by atoms with E-state index in [9.17, 15) is 29.4 Å². The molecule has 7 N–H and O–H groups in total. The summed E-state index contributed by atoms with van der Waals surface area (Å²) in [5.74, 6) is -3.14. The number of hydrogen-bond donors (Lipinski definition) is 7. The Labute approximate surface area is 192 Å². The molecule has 0 aromatic heterocycles. The van der Waals surface area contributed by atoms with Crippen molar-refractivity contribution in [3.8, 4) is 5.75 Å². The van der Waals surface area contributed by atoms with Crippen molar-refractivity contribution in [2.45, 2.75) is 57.8 Å². The maximum absolute atomic E-state index is 12.5. The number of nitrogens with two attached hydrogens (primary N) is 1. The average molecular weight is 469 g/mol. The highest BCUT2D eigenvalue weighted by molar-refractivity contribution is 7.80. The van der Waals surface area contributed by atoms with E-state index < -0.39 is 47.9 Å². The quantitative estimate of drug-likeness (QED) is 0.208. The smallest absolute Gasteiger partial charge is 0.326 e. The lowest BCUT2D eigenvalue weighted by molar-refractivity contribution is -0.142. The average Bonchev–Trinajstić information content (AvgIpc) is 2.76. The summed E-state index contributed by atoms with van der Waals surface area (Å²) < 4.78 is 0. The number of amides is 3. The lowest BCUT2D eigenvalue weighted by atomic mass is 9.99. The largest absolute Gasteiger partial charge is 0.508 e. The molecule has 178 valence electrons. The van der Waals surface area contributed by atoms with Gasteiger partial charge in [-0.15, -0.1) is 0 Å². The van der Waals surface area contributed by atoms with Gasteiger partial charge in [-0.3, -0.25) is 14.4 Å². The van der Waals surface area contributed by atoms with E-state index in [4.69, 9.17) is 5.73 Å². The molecule has 32 heavy (non-hydrogen) atoms. The van der Waals surface area contributed by atoms with Gasteiger partial charge in [-0.2, -0.15) is 12.6 Å². The van der Waals surface area contributed by atoms with Crippen molar-refractivity contribution in [2.24, 2.45) is 11.7 Å². The number of carbonyl (C=O) groups excluding carboxylic acids is 3. The van der Waals surface area contributed by atoms with Gasteiger partial charge >= 0.3 is 5.97 Å². The Hall–Kier alpha value is -2.79. The Kier molecular flexibility index (Phi) is 11.0. The summed E-state index contributed by atoms with van der Waals surface area (Å²) in [6, 6.07) is 1.83. The van der Waals surface area contributed by atoms with E-state index >= 15 is 0 Å². The van der Waals surface area contributed by atoms with Gasteiger partial charge in [0.05, 0.1) is 6.04 Å². The third-order valence-electron chi connectivity index (χ3n) is 5.12. The number of aromatic hydroxyl groups is 1. The van der Waals surface area contributed by atoms with Crippen LogP contribution in [0.2, 0.25) is 0 Å². The molecule has 1 rings (SSSR count). The Morgan fingerprint density at radius 1 is 0.969 bits per heavy atom. The van der Waals surface area contributed by atoms with Crippen LogP contribution >= 0.6 is 12.6 Å². The third-order valence-corrected chi connectivity index (χ3v) is 5.48. The first kappa shape index (κ1) is 27.2. The molecule has 0 radical (unpaired) electrons. The molecule has 1 aromatic rings. The normalized spacial score (nSPS) is 15.5. The summed E-state index contributed by atoms with van der Waals surface area (Å²) in [4.78, 5) is 48.7. The van der Waals surface area contributed by atoms with Crippen molar-refractivity contribution in [1.82, 2.24) is 16.0 Å². The Bertz CT molecular complexity index is 804. The van der Waals surface area contributed by atoms with Crippen LogP contribution in [0.1, 0.15) is 32.8 Å². The molecule has 3 amide bonds. The van der Waals surface area contributed by atoms with Crippen LogP contribution < -0.4 is 21.7 Å². The summed E-state index contributed by atoms with van der Waals surface area (Å²) in [5, 5.41) is 26.1. The summed E-state index contributed by atoms with van der Waals surface area (Å²) in [5.41, 5.74) is 6.48. The highest BCUT2D eigenvalue weighted by Crippen LogP contribution is 2.11. The number of aliphatic carboxylic acids is 1. The Balaban J connectivity index is 2.70. The van der Waals surface area contributed by atoms with E-state index in [1.54, 1.807) is 12.1 Å². The molecule has 0 saturated heterocycles. The van der Waals surface area contributed by atoms with Gasteiger partial charge in [0, 0.05) is 12.2 Å². The summed E-state index contributed by atoms with van der Waals surface area (Å²) in [7, 11) is 0. The fourth-order valence-corrected chi connectivity index (χ4v) is 2.98. The SMILES string of the molecule is CCC(C)C(N)C(=O)NC(CS)C(=O)NC(C)C(=O)NC(Cc1ccc(O)cc1)C(=O)O. The molecule has 0 aliphatic rings. The first-order valence-electron chi connectivity index (χ1n) is 10.3. The molecular weight excluding hydrogens is 436 g/mol. The minimum atomic E-state index is -1.25. The van der Waals surface area contributed by atoms with Gasteiger partial charge in [-0.05, 0) is 30.5 Å². The third kappa shape index (κ3) is 8.39. The van der Waals surface area contributed by atoms with E-state index in [0.29, 0.717) is 12.0 Å². The first-order chi connectivity index (χ1) is 15.0. The molecule has 0 aliphatic heterocycles. The van der Waals surface area contributed by atoms with Gasteiger partial charge < -0.3 is 31.9 Å². The predicted octanol–water partition coefficient (Wildman–Crippen LogP) is -0.203. The molecular formula is C21H32N4O6S. The fourth-order valence-electron chi connectivity index (χ4n) is 2.72. The molecule has 11 heteroatoms. The van der Waals surface area contributed by atoms with Gasteiger partial charge in [0.2, 0.25) is 17.7 Å². The molecule has 0 saturated carbocycles. The summed E-state index contributed by atoms with van der Waals surface area (Å²) in [6.07, 6.45) is 0.684. The molecule has 10 nitrogen and oxygen atoms in total.